The van der Waals surface area contributed by atoms with E-state index >= 15 is 0 Å². The van der Waals surface area contributed by atoms with Crippen LogP contribution in [0.25, 0.3) is 0 Å². The van der Waals surface area contributed by atoms with Crippen LogP contribution in [0.2, 0.25) is 0 Å². The number of carbonyl (C=O) groups is 3. The second-order valence-electron chi connectivity index (χ2n) is 4.33. The normalized spacial score (nSPS) is 13.9. The number of amides is 3. The molecule has 0 fully saturated rings. The molecule has 0 heterocycles. The standard InChI is InChI=1S/C11H21N3O3/c1-7(2)5-9(12-4)11(17)14-10(16)8(3)13-6-15/h6-9,12H,5H2,1-4H3,(H,13,15)(H,14,16,17)/t8-,9+/m1/s1. The van der Waals surface area contributed by atoms with E-state index in [0.29, 0.717) is 18.7 Å². The molecule has 0 aliphatic rings. The average Bonchev–Trinajstić information content (AvgIpc) is 2.25. The predicted molar refractivity (Wildman–Crippen MR) is 64.1 cm³/mol. The molecule has 0 bridgehead atoms. The zero-order valence-electron chi connectivity index (χ0n) is 10.7. The van der Waals surface area contributed by atoms with Gasteiger partial charge in [-0.2, -0.15) is 0 Å². The number of hydrogen-bond acceptors (Lipinski definition) is 4. The van der Waals surface area contributed by atoms with Crippen LogP contribution in [0.15, 0.2) is 0 Å². The molecule has 0 aliphatic carbocycles. The maximum Gasteiger partial charge on any atom is 0.248 e. The lowest BCUT2D eigenvalue weighted by Crippen LogP contribution is -2.50. The minimum Gasteiger partial charge on any atom is -0.347 e. The Hall–Kier alpha value is -1.43. The Morgan fingerprint density at radius 1 is 1.18 bits per heavy atom. The molecule has 0 aromatic rings. The molecule has 3 amide bonds. The maximum absolute atomic E-state index is 11.7. The van der Waals surface area contributed by atoms with Crippen molar-refractivity contribution in [2.45, 2.75) is 39.3 Å². The van der Waals surface area contributed by atoms with Gasteiger partial charge in [0, 0.05) is 0 Å². The monoisotopic (exact) mass is 243 g/mol. The highest BCUT2D eigenvalue weighted by atomic mass is 16.2. The summed E-state index contributed by atoms with van der Waals surface area (Å²) in [7, 11) is 1.67. The summed E-state index contributed by atoms with van der Waals surface area (Å²) < 4.78 is 0. The van der Waals surface area contributed by atoms with Crippen LogP contribution in [-0.2, 0) is 14.4 Å². The van der Waals surface area contributed by atoms with E-state index in [1.807, 2.05) is 13.8 Å². The lowest BCUT2D eigenvalue weighted by Gasteiger charge is -2.18. The van der Waals surface area contributed by atoms with Crippen molar-refractivity contribution in [2.75, 3.05) is 7.05 Å². The molecular formula is C11H21N3O3. The number of likely N-dealkylation sites (N-methyl/N-ethyl adjacent to an activating group) is 1. The van der Waals surface area contributed by atoms with Gasteiger partial charge in [0.1, 0.15) is 6.04 Å². The summed E-state index contributed by atoms with van der Waals surface area (Å²) in [6, 6.07) is -1.12. The fourth-order valence-electron chi connectivity index (χ4n) is 1.32. The topological polar surface area (TPSA) is 87.3 Å². The number of imide groups is 1. The molecule has 3 N–H and O–H groups in total. The van der Waals surface area contributed by atoms with Gasteiger partial charge in [0.05, 0.1) is 6.04 Å². The first-order valence-electron chi connectivity index (χ1n) is 5.64. The van der Waals surface area contributed by atoms with E-state index in [1.165, 1.54) is 6.92 Å². The maximum atomic E-state index is 11.7. The third-order valence-corrected chi connectivity index (χ3v) is 2.33. The lowest BCUT2D eigenvalue weighted by molar-refractivity contribution is -0.133. The summed E-state index contributed by atoms with van der Waals surface area (Å²) in [5.74, 6) is -0.532. The molecule has 2 atom stereocenters. The molecular weight excluding hydrogens is 222 g/mol. The van der Waals surface area contributed by atoms with Gasteiger partial charge in [-0.25, -0.2) is 0 Å². The van der Waals surface area contributed by atoms with Crippen LogP contribution in [0.1, 0.15) is 27.2 Å². The SMILES string of the molecule is CN[C@@H](CC(C)C)C(=O)NC(=O)[C@@H](C)NC=O. The van der Waals surface area contributed by atoms with Gasteiger partial charge in [0.15, 0.2) is 0 Å². The van der Waals surface area contributed by atoms with Gasteiger partial charge < -0.3 is 10.6 Å². The molecule has 98 valence electrons. The van der Waals surface area contributed by atoms with Crippen molar-refractivity contribution in [2.24, 2.45) is 5.92 Å². The Bertz CT molecular complexity index is 279. The Morgan fingerprint density at radius 2 is 1.76 bits per heavy atom. The van der Waals surface area contributed by atoms with Gasteiger partial charge in [-0.05, 0) is 26.3 Å². The molecule has 0 saturated carbocycles. The highest BCUT2D eigenvalue weighted by molar-refractivity contribution is 6.00. The number of hydrogen-bond donors (Lipinski definition) is 3. The second-order valence-corrected chi connectivity index (χ2v) is 4.33. The summed E-state index contributed by atoms with van der Waals surface area (Å²) in [6.45, 7) is 5.50. The van der Waals surface area contributed by atoms with Crippen molar-refractivity contribution in [1.82, 2.24) is 16.0 Å². The van der Waals surface area contributed by atoms with Crippen molar-refractivity contribution in [3.63, 3.8) is 0 Å². The van der Waals surface area contributed by atoms with Crippen molar-refractivity contribution < 1.29 is 14.4 Å². The Kier molecular flexibility index (Phi) is 7.13. The molecule has 17 heavy (non-hydrogen) atoms. The van der Waals surface area contributed by atoms with E-state index in [4.69, 9.17) is 0 Å². The smallest absolute Gasteiger partial charge is 0.248 e. The minimum absolute atomic E-state index is 0.346. The summed E-state index contributed by atoms with van der Waals surface area (Å²) in [5.41, 5.74) is 0. The Morgan fingerprint density at radius 3 is 2.18 bits per heavy atom. The Labute approximate surface area is 102 Å². The number of rotatable bonds is 7. The molecule has 0 aliphatic heterocycles. The highest BCUT2D eigenvalue weighted by Gasteiger charge is 2.21. The van der Waals surface area contributed by atoms with Crippen LogP contribution in [0.3, 0.4) is 0 Å². The molecule has 6 nitrogen and oxygen atoms in total. The van der Waals surface area contributed by atoms with Crippen LogP contribution in [-0.4, -0.2) is 37.4 Å². The highest BCUT2D eigenvalue weighted by Crippen LogP contribution is 2.04. The van der Waals surface area contributed by atoms with E-state index in [9.17, 15) is 14.4 Å². The molecule has 6 heteroatoms. The third kappa shape index (κ3) is 6.01. The fraction of sp³-hybridized carbons (Fsp3) is 0.727. The van der Waals surface area contributed by atoms with Gasteiger partial charge in [-0.15, -0.1) is 0 Å². The first kappa shape index (κ1) is 15.6. The van der Waals surface area contributed by atoms with Crippen LogP contribution >= 0.6 is 0 Å². The van der Waals surface area contributed by atoms with Crippen molar-refractivity contribution >= 4 is 18.2 Å². The summed E-state index contributed by atoms with van der Waals surface area (Å²) >= 11 is 0. The van der Waals surface area contributed by atoms with E-state index in [0.717, 1.165) is 0 Å². The zero-order chi connectivity index (χ0) is 13.4. The van der Waals surface area contributed by atoms with E-state index in [2.05, 4.69) is 16.0 Å². The predicted octanol–water partition coefficient (Wildman–Crippen LogP) is -0.602. The van der Waals surface area contributed by atoms with Gasteiger partial charge in [-0.3, -0.25) is 19.7 Å². The van der Waals surface area contributed by atoms with E-state index < -0.39 is 18.0 Å². The fourth-order valence-corrected chi connectivity index (χ4v) is 1.32. The van der Waals surface area contributed by atoms with Crippen LogP contribution in [0, 0.1) is 5.92 Å². The molecule has 0 aromatic carbocycles. The van der Waals surface area contributed by atoms with Gasteiger partial charge in [0.2, 0.25) is 18.2 Å². The van der Waals surface area contributed by atoms with E-state index in [-0.39, 0.29) is 5.91 Å². The number of carbonyl (C=O) groups excluding carboxylic acids is 3. The van der Waals surface area contributed by atoms with Crippen LogP contribution in [0.5, 0.6) is 0 Å². The van der Waals surface area contributed by atoms with E-state index in [1.54, 1.807) is 7.05 Å². The van der Waals surface area contributed by atoms with Crippen molar-refractivity contribution in [1.29, 1.82) is 0 Å². The molecule has 0 aromatic heterocycles. The minimum atomic E-state index is -0.715. The Balaban J connectivity index is 4.30. The quantitative estimate of drug-likeness (QED) is 0.521. The second kappa shape index (κ2) is 7.78. The molecule has 0 unspecified atom stereocenters. The lowest BCUT2D eigenvalue weighted by atomic mass is 10.0. The largest absolute Gasteiger partial charge is 0.347 e. The zero-order valence-corrected chi connectivity index (χ0v) is 10.7. The van der Waals surface area contributed by atoms with Crippen molar-refractivity contribution in [3.05, 3.63) is 0 Å². The number of nitrogens with one attached hydrogen (secondary N) is 3. The molecule has 0 saturated heterocycles. The van der Waals surface area contributed by atoms with Crippen LogP contribution < -0.4 is 16.0 Å². The van der Waals surface area contributed by atoms with Gasteiger partial charge in [-0.1, -0.05) is 13.8 Å². The van der Waals surface area contributed by atoms with Gasteiger partial charge >= 0.3 is 0 Å². The first-order valence-corrected chi connectivity index (χ1v) is 5.64. The first-order chi connectivity index (χ1) is 7.92. The van der Waals surface area contributed by atoms with Crippen molar-refractivity contribution in [3.8, 4) is 0 Å². The third-order valence-electron chi connectivity index (χ3n) is 2.33. The summed E-state index contributed by atoms with van der Waals surface area (Å²) in [6.07, 6.45) is 1.07. The molecule has 0 spiro atoms. The average molecular weight is 243 g/mol. The van der Waals surface area contributed by atoms with Crippen LogP contribution in [0.4, 0.5) is 0 Å². The molecule has 0 rings (SSSR count). The summed E-state index contributed by atoms with van der Waals surface area (Å²) in [5, 5.41) is 7.40. The molecule has 0 radical (unpaired) electrons. The summed E-state index contributed by atoms with van der Waals surface area (Å²) in [4.78, 5) is 33.3. The van der Waals surface area contributed by atoms with Gasteiger partial charge in [0.25, 0.3) is 0 Å².